The summed E-state index contributed by atoms with van der Waals surface area (Å²) in [5.41, 5.74) is 4.37. The molecule has 0 saturated carbocycles. The third-order valence-corrected chi connectivity index (χ3v) is 2.53. The predicted octanol–water partition coefficient (Wildman–Crippen LogP) is 2.03. The Labute approximate surface area is 73.8 Å². The minimum atomic E-state index is 0.639. The van der Waals surface area contributed by atoms with Crippen molar-refractivity contribution in [3.8, 4) is 0 Å². The molecule has 1 atom stereocenters. The summed E-state index contributed by atoms with van der Waals surface area (Å²) in [6.45, 7) is 5.43. The van der Waals surface area contributed by atoms with Gasteiger partial charge in [-0.1, -0.05) is 23.8 Å². The Bertz CT molecular complexity index is 291. The quantitative estimate of drug-likeness (QED) is 0.614. The average Bonchev–Trinajstić information content (AvgIpc) is 2.05. The van der Waals surface area contributed by atoms with Crippen LogP contribution < -0.4 is 5.32 Å². The predicted molar refractivity (Wildman–Crippen MR) is 51.2 cm³/mol. The second-order valence-corrected chi connectivity index (χ2v) is 3.76. The third kappa shape index (κ3) is 1.37. The van der Waals surface area contributed by atoms with Crippen molar-refractivity contribution in [1.29, 1.82) is 0 Å². The van der Waals surface area contributed by atoms with Crippen molar-refractivity contribution in [1.82, 2.24) is 5.32 Å². The first-order valence-corrected chi connectivity index (χ1v) is 4.57. The average molecular weight is 161 g/mol. The lowest BCUT2D eigenvalue weighted by molar-refractivity contribution is 0.513. The highest BCUT2D eigenvalue weighted by Crippen LogP contribution is 2.17. The van der Waals surface area contributed by atoms with Gasteiger partial charge < -0.3 is 5.32 Å². The number of aryl methyl sites for hydroxylation is 1. The molecule has 0 saturated heterocycles. The Balaban J connectivity index is 2.37. The Kier molecular flexibility index (Phi) is 1.89. The van der Waals surface area contributed by atoms with Crippen LogP contribution in [-0.4, -0.2) is 6.04 Å². The number of hydrogen-bond acceptors (Lipinski definition) is 1. The fraction of sp³-hybridized carbons (Fsp3) is 0.455. The number of nitrogens with one attached hydrogen (secondary N) is 1. The Morgan fingerprint density at radius 3 is 3.00 bits per heavy atom. The topological polar surface area (TPSA) is 12.0 Å². The lowest BCUT2D eigenvalue weighted by Gasteiger charge is -2.23. The molecule has 1 heterocycles. The van der Waals surface area contributed by atoms with Crippen LogP contribution in [0.15, 0.2) is 18.2 Å². The molecule has 1 nitrogen and oxygen atoms in total. The van der Waals surface area contributed by atoms with Crippen molar-refractivity contribution in [3.63, 3.8) is 0 Å². The van der Waals surface area contributed by atoms with Gasteiger partial charge >= 0.3 is 0 Å². The van der Waals surface area contributed by atoms with E-state index in [0.29, 0.717) is 6.04 Å². The fourth-order valence-corrected chi connectivity index (χ4v) is 1.80. The van der Waals surface area contributed by atoms with Gasteiger partial charge in [0.1, 0.15) is 0 Å². The van der Waals surface area contributed by atoms with Crippen molar-refractivity contribution >= 4 is 0 Å². The highest BCUT2D eigenvalue weighted by molar-refractivity contribution is 5.33. The van der Waals surface area contributed by atoms with E-state index in [2.05, 4.69) is 37.4 Å². The Morgan fingerprint density at radius 2 is 2.17 bits per heavy atom. The van der Waals surface area contributed by atoms with E-state index >= 15 is 0 Å². The monoisotopic (exact) mass is 161 g/mol. The summed E-state index contributed by atoms with van der Waals surface area (Å²) in [4.78, 5) is 0. The van der Waals surface area contributed by atoms with E-state index < -0.39 is 0 Å². The lowest BCUT2D eigenvalue weighted by Crippen LogP contribution is -2.32. The maximum atomic E-state index is 3.47. The van der Waals surface area contributed by atoms with Crippen molar-refractivity contribution in [2.75, 3.05) is 0 Å². The van der Waals surface area contributed by atoms with Gasteiger partial charge in [-0.15, -0.1) is 0 Å². The molecule has 1 aliphatic heterocycles. The van der Waals surface area contributed by atoms with Crippen LogP contribution in [0.3, 0.4) is 0 Å². The van der Waals surface area contributed by atoms with E-state index in [0.717, 1.165) is 6.54 Å². The molecular formula is C11H15N. The zero-order chi connectivity index (χ0) is 8.55. The van der Waals surface area contributed by atoms with Crippen LogP contribution in [-0.2, 0) is 13.0 Å². The molecule has 2 rings (SSSR count). The molecule has 12 heavy (non-hydrogen) atoms. The van der Waals surface area contributed by atoms with Crippen molar-refractivity contribution in [2.24, 2.45) is 0 Å². The van der Waals surface area contributed by atoms with Gasteiger partial charge in [-0.05, 0) is 31.4 Å². The summed E-state index contributed by atoms with van der Waals surface area (Å²) >= 11 is 0. The Morgan fingerprint density at radius 1 is 1.33 bits per heavy atom. The normalized spacial score (nSPS) is 22.0. The standard InChI is InChI=1S/C11H15N/c1-8-3-4-10-6-9(2)12-7-11(10)5-8/h3-5,9,12H,6-7H2,1-2H3. The molecule has 64 valence electrons. The SMILES string of the molecule is Cc1ccc2c(c1)CNC(C)C2. The molecule has 1 unspecified atom stereocenters. The van der Waals surface area contributed by atoms with E-state index in [1.807, 2.05) is 0 Å². The molecule has 1 aromatic carbocycles. The number of fused-ring (bicyclic) bond motifs is 1. The molecule has 0 aromatic heterocycles. The summed E-state index contributed by atoms with van der Waals surface area (Å²) < 4.78 is 0. The molecular weight excluding hydrogens is 146 g/mol. The van der Waals surface area contributed by atoms with E-state index in [4.69, 9.17) is 0 Å². The summed E-state index contributed by atoms with van der Waals surface area (Å²) in [6, 6.07) is 7.40. The van der Waals surface area contributed by atoms with Gasteiger partial charge in [0.05, 0.1) is 0 Å². The molecule has 1 heteroatoms. The van der Waals surface area contributed by atoms with Gasteiger partial charge in [0.2, 0.25) is 0 Å². The van der Waals surface area contributed by atoms with Crippen LogP contribution in [0.2, 0.25) is 0 Å². The summed E-state index contributed by atoms with van der Waals surface area (Å²) in [5.74, 6) is 0. The van der Waals surface area contributed by atoms with E-state index in [1.54, 1.807) is 0 Å². The molecule has 1 aromatic rings. The smallest absolute Gasteiger partial charge is 0.0210 e. The minimum absolute atomic E-state index is 0.639. The van der Waals surface area contributed by atoms with Crippen molar-refractivity contribution in [2.45, 2.75) is 32.9 Å². The zero-order valence-electron chi connectivity index (χ0n) is 7.72. The van der Waals surface area contributed by atoms with Crippen LogP contribution in [0.1, 0.15) is 23.6 Å². The first-order chi connectivity index (χ1) is 5.75. The largest absolute Gasteiger partial charge is 0.310 e. The van der Waals surface area contributed by atoms with Crippen molar-refractivity contribution in [3.05, 3.63) is 34.9 Å². The summed E-state index contributed by atoms with van der Waals surface area (Å²) in [5, 5.41) is 3.47. The van der Waals surface area contributed by atoms with Gasteiger partial charge in [-0.2, -0.15) is 0 Å². The second kappa shape index (κ2) is 2.91. The number of benzene rings is 1. The molecule has 0 spiro atoms. The van der Waals surface area contributed by atoms with E-state index in [-0.39, 0.29) is 0 Å². The molecule has 0 amide bonds. The van der Waals surface area contributed by atoms with Gasteiger partial charge in [-0.25, -0.2) is 0 Å². The van der Waals surface area contributed by atoms with Gasteiger partial charge in [0, 0.05) is 12.6 Å². The van der Waals surface area contributed by atoms with E-state index in [9.17, 15) is 0 Å². The van der Waals surface area contributed by atoms with E-state index in [1.165, 1.54) is 23.1 Å². The highest BCUT2D eigenvalue weighted by Gasteiger charge is 2.13. The Hall–Kier alpha value is -0.820. The van der Waals surface area contributed by atoms with Crippen LogP contribution in [0.5, 0.6) is 0 Å². The third-order valence-electron chi connectivity index (χ3n) is 2.53. The number of rotatable bonds is 0. The molecule has 0 fully saturated rings. The second-order valence-electron chi connectivity index (χ2n) is 3.76. The van der Waals surface area contributed by atoms with Crippen LogP contribution in [0.25, 0.3) is 0 Å². The van der Waals surface area contributed by atoms with Gasteiger partial charge in [-0.3, -0.25) is 0 Å². The summed E-state index contributed by atoms with van der Waals surface area (Å²) in [7, 11) is 0. The molecule has 0 radical (unpaired) electrons. The number of hydrogen-bond donors (Lipinski definition) is 1. The minimum Gasteiger partial charge on any atom is -0.310 e. The molecule has 1 aliphatic rings. The van der Waals surface area contributed by atoms with Gasteiger partial charge in [0.25, 0.3) is 0 Å². The van der Waals surface area contributed by atoms with Crippen molar-refractivity contribution < 1.29 is 0 Å². The molecule has 0 bridgehead atoms. The van der Waals surface area contributed by atoms with Crippen LogP contribution >= 0.6 is 0 Å². The molecule has 0 aliphatic carbocycles. The zero-order valence-corrected chi connectivity index (χ0v) is 7.72. The fourth-order valence-electron chi connectivity index (χ4n) is 1.80. The van der Waals surface area contributed by atoms with Gasteiger partial charge in [0.15, 0.2) is 0 Å². The maximum absolute atomic E-state index is 3.47. The lowest BCUT2D eigenvalue weighted by atomic mass is 9.95. The molecule has 1 N–H and O–H groups in total. The highest BCUT2D eigenvalue weighted by atomic mass is 14.9. The summed E-state index contributed by atoms with van der Waals surface area (Å²) in [6.07, 6.45) is 1.18. The van der Waals surface area contributed by atoms with Crippen LogP contribution in [0.4, 0.5) is 0 Å². The first-order valence-electron chi connectivity index (χ1n) is 4.57. The first kappa shape index (κ1) is 7.81. The maximum Gasteiger partial charge on any atom is 0.0210 e. The van der Waals surface area contributed by atoms with Crippen LogP contribution in [0, 0.1) is 6.92 Å².